The topological polar surface area (TPSA) is 89.4 Å². The lowest BCUT2D eigenvalue weighted by Gasteiger charge is -2.15. The minimum Gasteiger partial charge on any atom is -0.436 e. The number of hydrogen-bond acceptors (Lipinski definition) is 4. The van der Waals surface area contributed by atoms with Gasteiger partial charge in [0.05, 0.1) is 5.92 Å². The first kappa shape index (κ1) is 15.4. The maximum atomic E-state index is 12.2. The van der Waals surface area contributed by atoms with Gasteiger partial charge in [0.2, 0.25) is 17.7 Å². The van der Waals surface area contributed by atoms with Gasteiger partial charge in [0.1, 0.15) is 5.52 Å². The van der Waals surface area contributed by atoms with Crippen LogP contribution < -0.4 is 10.6 Å². The maximum absolute atomic E-state index is 12.2. The summed E-state index contributed by atoms with van der Waals surface area (Å²) in [5.74, 6) is -0.451. The molecule has 1 saturated heterocycles. The molecule has 1 fully saturated rings. The van der Waals surface area contributed by atoms with Crippen LogP contribution in [0.4, 0.5) is 5.69 Å². The highest BCUT2D eigenvalue weighted by Gasteiger charge is 2.34. The largest absolute Gasteiger partial charge is 0.436 e. The van der Waals surface area contributed by atoms with Crippen LogP contribution in [0.15, 0.2) is 46.9 Å². The van der Waals surface area contributed by atoms with Crippen LogP contribution in [0.25, 0.3) is 22.6 Å². The van der Waals surface area contributed by atoms with E-state index < -0.39 is 11.8 Å². The summed E-state index contributed by atoms with van der Waals surface area (Å²) in [4.78, 5) is 29.6. The fourth-order valence-corrected chi connectivity index (χ4v) is 3.13. The summed E-state index contributed by atoms with van der Waals surface area (Å²) < 4.78 is 5.82. The predicted octanol–water partition coefficient (Wildman–Crippen LogP) is 2.64. The molecule has 0 radical (unpaired) electrons. The Labute approximate surface area is 144 Å². The van der Waals surface area contributed by atoms with Crippen molar-refractivity contribution in [1.29, 1.82) is 0 Å². The molecule has 126 valence electrons. The molecule has 0 saturated carbocycles. The number of hydrogen-bond donors (Lipinski definition) is 1. The molecule has 6 nitrogen and oxygen atoms in total. The van der Waals surface area contributed by atoms with Gasteiger partial charge >= 0.3 is 0 Å². The van der Waals surface area contributed by atoms with Crippen LogP contribution in [0.3, 0.4) is 0 Å². The minimum absolute atomic E-state index is 0.106. The number of oxazole rings is 1. The van der Waals surface area contributed by atoms with Crippen molar-refractivity contribution in [2.75, 3.05) is 11.4 Å². The highest BCUT2D eigenvalue weighted by atomic mass is 16.3. The second-order valence-electron chi connectivity index (χ2n) is 6.35. The molecule has 3 aromatic rings. The average Bonchev–Trinajstić information content (AvgIpc) is 3.17. The molecule has 0 spiro atoms. The zero-order valence-corrected chi connectivity index (χ0v) is 13.7. The molecule has 1 aliphatic rings. The van der Waals surface area contributed by atoms with E-state index in [9.17, 15) is 9.59 Å². The van der Waals surface area contributed by atoms with E-state index in [0.717, 1.165) is 11.1 Å². The number of fused-ring (bicyclic) bond motifs is 1. The number of nitrogens with zero attached hydrogens (tertiary/aromatic N) is 2. The fourth-order valence-electron chi connectivity index (χ4n) is 3.13. The van der Waals surface area contributed by atoms with Crippen LogP contribution in [-0.2, 0) is 9.59 Å². The van der Waals surface area contributed by atoms with Gasteiger partial charge in [-0.3, -0.25) is 9.59 Å². The summed E-state index contributed by atoms with van der Waals surface area (Å²) in [6, 6.07) is 13.3. The fraction of sp³-hybridized carbons (Fsp3) is 0.211. The Morgan fingerprint density at radius 2 is 2.12 bits per heavy atom. The second-order valence-corrected chi connectivity index (χ2v) is 6.35. The summed E-state index contributed by atoms with van der Waals surface area (Å²) in [7, 11) is 0. The van der Waals surface area contributed by atoms with E-state index in [-0.39, 0.29) is 12.3 Å². The number of primary amides is 1. The molecule has 0 bridgehead atoms. The van der Waals surface area contributed by atoms with E-state index >= 15 is 0 Å². The minimum atomic E-state index is -0.444. The third-order valence-electron chi connectivity index (χ3n) is 4.48. The van der Waals surface area contributed by atoms with Gasteiger partial charge < -0.3 is 15.1 Å². The molecule has 1 aliphatic heterocycles. The molecule has 25 heavy (non-hydrogen) atoms. The van der Waals surface area contributed by atoms with E-state index in [1.54, 1.807) is 23.1 Å². The van der Waals surface area contributed by atoms with E-state index in [2.05, 4.69) is 4.98 Å². The van der Waals surface area contributed by atoms with E-state index in [4.69, 9.17) is 10.2 Å². The van der Waals surface area contributed by atoms with Crippen molar-refractivity contribution in [3.05, 3.63) is 48.0 Å². The first-order valence-electron chi connectivity index (χ1n) is 8.08. The Hall–Kier alpha value is -3.15. The Bertz CT molecular complexity index is 992. The smallest absolute Gasteiger partial charge is 0.227 e. The van der Waals surface area contributed by atoms with Gasteiger partial charge in [-0.25, -0.2) is 4.98 Å². The predicted molar refractivity (Wildman–Crippen MR) is 93.8 cm³/mol. The zero-order chi connectivity index (χ0) is 17.6. The van der Waals surface area contributed by atoms with Crippen LogP contribution in [-0.4, -0.2) is 23.3 Å². The van der Waals surface area contributed by atoms with Crippen molar-refractivity contribution in [1.82, 2.24) is 4.98 Å². The number of benzene rings is 2. The number of amides is 2. The number of carbonyl (C=O) groups is 2. The summed E-state index contributed by atoms with van der Waals surface area (Å²) in [5.41, 5.74) is 9.38. The third-order valence-corrected chi connectivity index (χ3v) is 4.48. The van der Waals surface area contributed by atoms with Crippen molar-refractivity contribution in [2.24, 2.45) is 11.7 Å². The maximum Gasteiger partial charge on any atom is 0.227 e. The Balaban J connectivity index is 1.69. The third kappa shape index (κ3) is 2.76. The van der Waals surface area contributed by atoms with Gasteiger partial charge in [0.25, 0.3) is 0 Å². The van der Waals surface area contributed by atoms with Gasteiger partial charge in [-0.2, -0.15) is 0 Å². The van der Waals surface area contributed by atoms with E-state index in [0.29, 0.717) is 29.2 Å². The van der Waals surface area contributed by atoms with Crippen LogP contribution in [0.1, 0.15) is 12.0 Å². The van der Waals surface area contributed by atoms with Gasteiger partial charge in [-0.05, 0) is 37.3 Å². The van der Waals surface area contributed by atoms with E-state index in [1.165, 1.54) is 0 Å². The molecule has 4 rings (SSSR count). The summed E-state index contributed by atoms with van der Waals surface area (Å²) in [6.07, 6.45) is 0.154. The highest BCUT2D eigenvalue weighted by molar-refractivity contribution is 6.01. The first-order valence-corrected chi connectivity index (χ1v) is 8.08. The molecular weight excluding hydrogens is 318 g/mol. The number of nitrogens with two attached hydrogens (primary N) is 1. The molecular formula is C19H17N3O3. The summed E-state index contributed by atoms with van der Waals surface area (Å²) in [5, 5.41) is 0. The van der Waals surface area contributed by atoms with Crippen LogP contribution in [0, 0.1) is 12.8 Å². The number of aromatic nitrogens is 1. The Morgan fingerprint density at radius 3 is 2.84 bits per heavy atom. The first-order chi connectivity index (χ1) is 12.0. The van der Waals surface area contributed by atoms with E-state index in [1.807, 2.05) is 31.2 Å². The highest BCUT2D eigenvalue weighted by Crippen LogP contribution is 2.30. The molecule has 2 amide bonds. The van der Waals surface area contributed by atoms with Crippen LogP contribution in [0.2, 0.25) is 0 Å². The Kier molecular flexibility index (Phi) is 3.53. The lowest BCUT2D eigenvalue weighted by molar-refractivity contribution is -0.123. The second kappa shape index (κ2) is 5.73. The summed E-state index contributed by atoms with van der Waals surface area (Å²) in [6.45, 7) is 2.32. The lowest BCUT2D eigenvalue weighted by Crippen LogP contribution is -2.28. The van der Waals surface area contributed by atoms with Gasteiger partial charge in [0, 0.05) is 24.2 Å². The molecule has 2 heterocycles. The average molecular weight is 335 g/mol. The number of rotatable bonds is 3. The van der Waals surface area contributed by atoms with Crippen LogP contribution >= 0.6 is 0 Å². The van der Waals surface area contributed by atoms with Crippen molar-refractivity contribution in [3.63, 3.8) is 0 Å². The molecule has 6 heteroatoms. The molecule has 0 aliphatic carbocycles. The van der Waals surface area contributed by atoms with Crippen LogP contribution in [0.5, 0.6) is 0 Å². The molecule has 2 N–H and O–H groups in total. The normalized spacial score (nSPS) is 17.4. The number of carbonyl (C=O) groups excluding carboxylic acids is 2. The van der Waals surface area contributed by atoms with Gasteiger partial charge in [0.15, 0.2) is 5.58 Å². The summed E-state index contributed by atoms with van der Waals surface area (Å²) >= 11 is 0. The number of anilines is 1. The van der Waals surface area contributed by atoms with Crippen molar-refractivity contribution < 1.29 is 14.0 Å². The van der Waals surface area contributed by atoms with Crippen molar-refractivity contribution in [3.8, 4) is 11.5 Å². The molecule has 1 aromatic heterocycles. The molecule has 1 atom stereocenters. The molecule has 1 unspecified atom stereocenters. The van der Waals surface area contributed by atoms with Crippen molar-refractivity contribution in [2.45, 2.75) is 13.3 Å². The standard InChI is InChI=1S/C19H17N3O3/c1-11-3-2-4-12(7-11)19-21-15-9-14(5-6-16(15)25-19)22-10-13(18(20)24)8-17(22)23/h2-7,9,13H,8,10H2,1H3,(H2,20,24). The lowest BCUT2D eigenvalue weighted by atomic mass is 10.1. The SMILES string of the molecule is Cc1cccc(-c2nc3cc(N4CC(C(N)=O)CC4=O)ccc3o2)c1. The van der Waals surface area contributed by atoms with Gasteiger partial charge in [-0.1, -0.05) is 17.7 Å². The van der Waals surface area contributed by atoms with Gasteiger partial charge in [-0.15, -0.1) is 0 Å². The molecule has 2 aromatic carbocycles. The monoisotopic (exact) mass is 335 g/mol. The van der Waals surface area contributed by atoms with Crippen molar-refractivity contribution >= 4 is 28.6 Å². The Morgan fingerprint density at radius 1 is 1.28 bits per heavy atom. The number of aryl methyl sites for hydroxylation is 1. The zero-order valence-electron chi connectivity index (χ0n) is 13.7. The quantitative estimate of drug-likeness (QED) is 0.797.